The quantitative estimate of drug-likeness (QED) is 0.577. The van der Waals surface area contributed by atoms with Crippen LogP contribution in [-0.2, 0) is 0 Å². The van der Waals surface area contributed by atoms with Crippen LogP contribution in [0.2, 0.25) is 0 Å². The molecule has 1 saturated heterocycles. The number of ether oxygens (including phenoxy) is 2. The summed E-state index contributed by atoms with van der Waals surface area (Å²) in [5.41, 5.74) is 11.9. The molecule has 7 heteroatoms. The number of hydrogen-bond donors (Lipinski definition) is 2. The number of rotatable bonds is 5. The van der Waals surface area contributed by atoms with E-state index in [0.717, 1.165) is 23.6 Å². The molecule has 0 amide bonds. The first kappa shape index (κ1) is 21.1. The minimum Gasteiger partial charge on any atom is -0.497 e. The van der Waals surface area contributed by atoms with E-state index in [1.54, 1.807) is 14.2 Å². The Kier molecular flexibility index (Phi) is 6.71. The van der Waals surface area contributed by atoms with Crippen molar-refractivity contribution in [1.82, 2.24) is 10.3 Å². The van der Waals surface area contributed by atoms with Crippen molar-refractivity contribution in [3.05, 3.63) is 59.7 Å². The molecular weight excluding hydrogens is 384 g/mol. The summed E-state index contributed by atoms with van der Waals surface area (Å²) in [5, 5.41) is 4.71. The molecule has 2 aromatic rings. The molecule has 3 N–H and O–H groups in total. The highest BCUT2D eigenvalue weighted by Gasteiger charge is 2.38. The molecule has 0 aliphatic carbocycles. The Balaban J connectivity index is 1.99. The number of thiocarbonyl (C=S) groups is 1. The van der Waals surface area contributed by atoms with Crippen LogP contribution in [0.15, 0.2) is 53.6 Å². The second-order valence-corrected chi connectivity index (χ2v) is 7.68. The molecule has 6 nitrogen and oxygen atoms in total. The number of hydrogen-bond acceptors (Lipinski definition) is 5. The fourth-order valence-electron chi connectivity index (χ4n) is 4.04. The highest BCUT2D eigenvalue weighted by atomic mass is 32.1. The fourth-order valence-corrected chi connectivity index (χ4v) is 4.08. The molecule has 3 rings (SSSR count). The number of nitrogens with zero attached hydrogens (tertiary/aromatic N) is 2. The maximum atomic E-state index is 5.61. The molecule has 2 aromatic carbocycles. The smallest absolute Gasteiger partial charge is 0.184 e. The van der Waals surface area contributed by atoms with E-state index in [0.29, 0.717) is 0 Å². The van der Waals surface area contributed by atoms with Gasteiger partial charge in [-0.2, -0.15) is 5.10 Å². The summed E-state index contributed by atoms with van der Waals surface area (Å²) in [4.78, 5) is 2.41. The van der Waals surface area contributed by atoms with E-state index in [1.807, 2.05) is 24.3 Å². The van der Waals surface area contributed by atoms with Crippen molar-refractivity contribution in [2.45, 2.75) is 25.4 Å². The maximum absolute atomic E-state index is 5.61. The van der Waals surface area contributed by atoms with Crippen LogP contribution in [0.5, 0.6) is 11.5 Å². The molecule has 1 heterocycles. The Morgan fingerprint density at radius 3 is 2.03 bits per heavy atom. The van der Waals surface area contributed by atoms with Gasteiger partial charge in [0.2, 0.25) is 0 Å². The van der Waals surface area contributed by atoms with E-state index < -0.39 is 0 Å². The Hall–Kier alpha value is -2.64. The van der Waals surface area contributed by atoms with Gasteiger partial charge in [0.05, 0.1) is 14.2 Å². The molecule has 0 spiro atoms. The summed E-state index contributed by atoms with van der Waals surface area (Å²) in [7, 11) is 5.52. The molecular formula is C22H28N4O2S. The van der Waals surface area contributed by atoms with Crippen molar-refractivity contribution in [1.29, 1.82) is 0 Å². The number of piperidine rings is 1. The molecule has 1 fully saturated rings. The number of likely N-dealkylation sites (tertiary alicyclic amines) is 1. The monoisotopic (exact) mass is 412 g/mol. The Bertz CT molecular complexity index is 867. The second kappa shape index (κ2) is 9.24. The Labute approximate surface area is 177 Å². The highest BCUT2D eigenvalue weighted by Crippen LogP contribution is 2.43. The lowest BCUT2D eigenvalue weighted by Gasteiger charge is -2.44. The van der Waals surface area contributed by atoms with E-state index in [9.17, 15) is 0 Å². The first-order chi connectivity index (χ1) is 13.9. The van der Waals surface area contributed by atoms with Crippen LogP contribution >= 0.6 is 12.2 Å². The van der Waals surface area contributed by atoms with Gasteiger partial charge >= 0.3 is 0 Å². The normalized spacial score (nSPS) is 23.6. The molecule has 0 saturated carbocycles. The third kappa shape index (κ3) is 4.68. The first-order valence-electron chi connectivity index (χ1n) is 9.56. The average molecular weight is 413 g/mol. The van der Waals surface area contributed by atoms with Crippen LogP contribution in [0.4, 0.5) is 0 Å². The van der Waals surface area contributed by atoms with Crippen molar-refractivity contribution in [3.8, 4) is 11.5 Å². The minimum atomic E-state index is 0.147. The fraction of sp³-hybridized carbons (Fsp3) is 0.364. The molecule has 0 bridgehead atoms. The van der Waals surface area contributed by atoms with Crippen LogP contribution < -0.4 is 20.6 Å². The maximum Gasteiger partial charge on any atom is 0.184 e. The van der Waals surface area contributed by atoms with Crippen molar-refractivity contribution < 1.29 is 9.47 Å². The van der Waals surface area contributed by atoms with Gasteiger partial charge in [-0.1, -0.05) is 31.2 Å². The molecule has 29 heavy (non-hydrogen) atoms. The largest absolute Gasteiger partial charge is 0.497 e. The first-order valence-corrected chi connectivity index (χ1v) is 9.97. The molecule has 1 aliphatic rings. The van der Waals surface area contributed by atoms with Crippen molar-refractivity contribution >= 4 is 23.0 Å². The van der Waals surface area contributed by atoms with Crippen LogP contribution in [0, 0.1) is 5.92 Å². The summed E-state index contributed by atoms with van der Waals surface area (Å²) >= 11 is 4.95. The third-order valence-electron chi connectivity index (χ3n) is 5.60. The highest BCUT2D eigenvalue weighted by molar-refractivity contribution is 7.80. The SMILES string of the molecule is COc1ccc(C2C/C(=N\NC(N)=S)C(C)C(c3ccc(OC)cc3)N2C)cc1. The van der Waals surface area contributed by atoms with Crippen LogP contribution in [0.3, 0.4) is 0 Å². The van der Waals surface area contributed by atoms with Gasteiger partial charge in [0.1, 0.15) is 11.5 Å². The zero-order valence-corrected chi connectivity index (χ0v) is 18.1. The van der Waals surface area contributed by atoms with Gasteiger partial charge in [0.25, 0.3) is 0 Å². The summed E-state index contributed by atoms with van der Waals surface area (Å²) < 4.78 is 10.6. The zero-order chi connectivity index (χ0) is 21.0. The van der Waals surface area contributed by atoms with Gasteiger partial charge in [-0.15, -0.1) is 0 Å². The third-order valence-corrected chi connectivity index (χ3v) is 5.69. The van der Waals surface area contributed by atoms with E-state index in [-0.39, 0.29) is 23.1 Å². The number of nitrogens with one attached hydrogen (secondary N) is 1. The predicted octanol–water partition coefficient (Wildman–Crippen LogP) is 3.65. The topological polar surface area (TPSA) is 72.1 Å². The summed E-state index contributed by atoms with van der Waals surface area (Å²) in [6.45, 7) is 2.19. The van der Waals surface area contributed by atoms with E-state index in [2.05, 4.69) is 53.7 Å². The predicted molar refractivity (Wildman–Crippen MR) is 120 cm³/mol. The molecule has 3 unspecified atom stereocenters. The standard InChI is InChI=1S/C22H28N4O2S/c1-14-19(24-25-22(23)29)13-20(15-5-9-17(27-3)10-6-15)26(2)21(14)16-7-11-18(28-4)12-8-16/h5-12,14,20-21H,13H2,1-4H3,(H3,23,25,29)/b24-19+. The number of hydrazone groups is 1. The van der Waals surface area contributed by atoms with E-state index >= 15 is 0 Å². The number of benzene rings is 2. The second-order valence-electron chi connectivity index (χ2n) is 7.24. The van der Waals surface area contributed by atoms with Crippen LogP contribution in [0.25, 0.3) is 0 Å². The lowest BCUT2D eigenvalue weighted by atomic mass is 9.80. The van der Waals surface area contributed by atoms with Gasteiger partial charge in [-0.25, -0.2) is 0 Å². The van der Waals surface area contributed by atoms with Crippen molar-refractivity contribution in [3.63, 3.8) is 0 Å². The summed E-state index contributed by atoms with van der Waals surface area (Å²) in [6, 6.07) is 16.7. The van der Waals surface area contributed by atoms with Gasteiger partial charge in [-0.05, 0) is 54.7 Å². The van der Waals surface area contributed by atoms with Crippen LogP contribution in [0.1, 0.15) is 36.6 Å². The summed E-state index contributed by atoms with van der Waals surface area (Å²) in [5.74, 6) is 1.87. The zero-order valence-electron chi connectivity index (χ0n) is 17.3. The lowest BCUT2D eigenvalue weighted by Crippen LogP contribution is -2.43. The van der Waals surface area contributed by atoms with Gasteiger partial charge in [0, 0.05) is 30.1 Å². The molecule has 3 atom stereocenters. The minimum absolute atomic E-state index is 0.147. The van der Waals surface area contributed by atoms with Crippen LogP contribution in [-0.4, -0.2) is 37.0 Å². The molecule has 154 valence electrons. The summed E-state index contributed by atoms with van der Waals surface area (Å²) in [6.07, 6.45) is 0.784. The average Bonchev–Trinajstić information content (AvgIpc) is 2.74. The van der Waals surface area contributed by atoms with Gasteiger partial charge in [-0.3, -0.25) is 10.3 Å². The Morgan fingerprint density at radius 2 is 1.55 bits per heavy atom. The molecule has 0 radical (unpaired) electrons. The van der Waals surface area contributed by atoms with E-state index in [1.165, 1.54) is 11.1 Å². The lowest BCUT2D eigenvalue weighted by molar-refractivity contribution is 0.131. The Morgan fingerprint density at radius 1 is 1.03 bits per heavy atom. The van der Waals surface area contributed by atoms with Gasteiger partial charge in [0.15, 0.2) is 5.11 Å². The van der Waals surface area contributed by atoms with Crippen molar-refractivity contribution in [2.75, 3.05) is 21.3 Å². The molecule has 1 aliphatic heterocycles. The number of methoxy groups -OCH3 is 2. The molecule has 0 aromatic heterocycles. The van der Waals surface area contributed by atoms with Gasteiger partial charge < -0.3 is 15.2 Å². The number of nitrogens with two attached hydrogens (primary N) is 1. The van der Waals surface area contributed by atoms with Crippen molar-refractivity contribution in [2.24, 2.45) is 16.8 Å². The van der Waals surface area contributed by atoms with E-state index in [4.69, 9.17) is 27.4 Å².